The maximum absolute atomic E-state index is 12.8. The van der Waals surface area contributed by atoms with Gasteiger partial charge in [0, 0.05) is 31.9 Å². The number of hydrogen-bond donors (Lipinski definition) is 2. The minimum absolute atomic E-state index is 0.0362. The van der Waals surface area contributed by atoms with Crippen LogP contribution >= 0.6 is 0 Å². The number of hydrogen-bond acceptors (Lipinski definition) is 5. The number of nitrogens with zero attached hydrogens (tertiary/aromatic N) is 4. The maximum atomic E-state index is 12.8. The van der Waals surface area contributed by atoms with Crippen molar-refractivity contribution in [1.29, 1.82) is 0 Å². The predicted octanol–water partition coefficient (Wildman–Crippen LogP) is 1.97. The molecule has 0 bridgehead atoms. The van der Waals surface area contributed by atoms with Crippen molar-refractivity contribution < 1.29 is 14.7 Å². The summed E-state index contributed by atoms with van der Waals surface area (Å²) >= 11 is 0. The molecule has 0 spiro atoms. The van der Waals surface area contributed by atoms with Crippen molar-refractivity contribution >= 4 is 17.5 Å². The van der Waals surface area contributed by atoms with Crippen molar-refractivity contribution in [3.8, 4) is 11.4 Å². The van der Waals surface area contributed by atoms with Gasteiger partial charge in [-0.25, -0.2) is 4.68 Å². The fraction of sp³-hybridized carbons (Fsp3) is 0.227. The van der Waals surface area contributed by atoms with Gasteiger partial charge in [0.1, 0.15) is 0 Å². The van der Waals surface area contributed by atoms with Crippen LogP contribution in [0, 0.1) is 0 Å². The van der Waals surface area contributed by atoms with E-state index in [4.69, 9.17) is 0 Å². The fourth-order valence-electron chi connectivity index (χ4n) is 3.41. The predicted molar refractivity (Wildman–Crippen MR) is 113 cm³/mol. The van der Waals surface area contributed by atoms with E-state index in [2.05, 4.69) is 10.4 Å². The summed E-state index contributed by atoms with van der Waals surface area (Å²) in [5.74, 6) is -0.538. The molecule has 8 heteroatoms. The number of aromatic hydroxyl groups is 1. The van der Waals surface area contributed by atoms with E-state index >= 15 is 0 Å². The molecule has 154 valence electrons. The van der Waals surface area contributed by atoms with Crippen LogP contribution in [0.1, 0.15) is 10.5 Å². The molecule has 2 amide bonds. The molecule has 1 saturated heterocycles. The standard InChI is InChI=1S/C22H23N5O3/c28-19-15-27(18-9-5-2-6-10-18)24-21(19)22(30)26-13-11-25(12-14-26)16-20(29)23-17-7-3-1-4-8-17/h1-10,15,28H,11-14,16H2,(H,23,29). The van der Waals surface area contributed by atoms with E-state index in [9.17, 15) is 14.7 Å². The first-order valence-corrected chi connectivity index (χ1v) is 9.81. The highest BCUT2D eigenvalue weighted by Gasteiger charge is 2.27. The molecule has 4 rings (SSSR count). The molecule has 0 aliphatic carbocycles. The topological polar surface area (TPSA) is 90.7 Å². The number of anilines is 1. The monoisotopic (exact) mass is 405 g/mol. The SMILES string of the molecule is O=C(CN1CCN(C(=O)c2nn(-c3ccccc3)cc2O)CC1)Nc1ccccc1. The minimum Gasteiger partial charge on any atom is -0.504 e. The van der Waals surface area contributed by atoms with Gasteiger partial charge in [-0.15, -0.1) is 0 Å². The van der Waals surface area contributed by atoms with Crippen LogP contribution < -0.4 is 5.32 Å². The van der Waals surface area contributed by atoms with E-state index in [0.29, 0.717) is 26.2 Å². The zero-order valence-electron chi connectivity index (χ0n) is 16.4. The first kappa shape index (κ1) is 19.7. The zero-order chi connectivity index (χ0) is 20.9. The first-order chi connectivity index (χ1) is 14.6. The Hall–Kier alpha value is -3.65. The normalized spacial score (nSPS) is 14.5. The van der Waals surface area contributed by atoms with E-state index in [1.54, 1.807) is 4.90 Å². The summed E-state index contributed by atoms with van der Waals surface area (Å²) in [5.41, 5.74) is 1.57. The minimum atomic E-state index is -0.310. The van der Waals surface area contributed by atoms with Crippen LogP contribution in [-0.4, -0.2) is 69.2 Å². The third-order valence-electron chi connectivity index (χ3n) is 5.00. The van der Waals surface area contributed by atoms with Crippen LogP contribution in [-0.2, 0) is 4.79 Å². The number of para-hydroxylation sites is 2. The quantitative estimate of drug-likeness (QED) is 0.677. The van der Waals surface area contributed by atoms with Gasteiger partial charge in [-0.3, -0.25) is 14.5 Å². The molecule has 3 aromatic rings. The molecule has 1 aromatic heterocycles. The van der Waals surface area contributed by atoms with Crippen LogP contribution in [0.2, 0.25) is 0 Å². The Bertz CT molecular complexity index is 1010. The Morgan fingerprint density at radius 2 is 1.57 bits per heavy atom. The summed E-state index contributed by atoms with van der Waals surface area (Å²) in [4.78, 5) is 28.7. The maximum Gasteiger partial charge on any atom is 0.278 e. The second-order valence-electron chi connectivity index (χ2n) is 7.13. The van der Waals surface area contributed by atoms with Crippen molar-refractivity contribution in [3.63, 3.8) is 0 Å². The number of rotatable bonds is 5. The lowest BCUT2D eigenvalue weighted by Crippen LogP contribution is -2.50. The van der Waals surface area contributed by atoms with Crippen molar-refractivity contribution in [2.24, 2.45) is 0 Å². The van der Waals surface area contributed by atoms with E-state index in [-0.39, 0.29) is 29.8 Å². The van der Waals surface area contributed by atoms with Crippen molar-refractivity contribution in [2.75, 3.05) is 38.0 Å². The number of amides is 2. The van der Waals surface area contributed by atoms with Gasteiger partial charge >= 0.3 is 0 Å². The molecule has 30 heavy (non-hydrogen) atoms. The summed E-state index contributed by atoms with van der Waals surface area (Å²) in [6, 6.07) is 18.6. The Labute approximate surface area is 174 Å². The molecule has 2 aromatic carbocycles. The van der Waals surface area contributed by atoms with Gasteiger partial charge < -0.3 is 15.3 Å². The average molecular weight is 405 g/mol. The number of nitrogens with one attached hydrogen (secondary N) is 1. The van der Waals surface area contributed by atoms with Crippen LogP contribution in [0.15, 0.2) is 66.9 Å². The molecule has 1 aliphatic rings. The van der Waals surface area contributed by atoms with Gasteiger partial charge in [0.2, 0.25) is 5.91 Å². The number of aromatic nitrogens is 2. The van der Waals surface area contributed by atoms with Crippen LogP contribution in [0.4, 0.5) is 5.69 Å². The third-order valence-corrected chi connectivity index (χ3v) is 5.00. The van der Waals surface area contributed by atoms with Gasteiger partial charge in [-0.1, -0.05) is 36.4 Å². The summed E-state index contributed by atoms with van der Waals surface area (Å²) in [6.07, 6.45) is 1.44. The van der Waals surface area contributed by atoms with Gasteiger partial charge in [0.05, 0.1) is 18.4 Å². The summed E-state index contributed by atoms with van der Waals surface area (Å²) in [5, 5.41) is 17.3. The highest BCUT2D eigenvalue weighted by atomic mass is 16.3. The lowest BCUT2D eigenvalue weighted by atomic mass is 10.2. The zero-order valence-corrected chi connectivity index (χ0v) is 16.4. The largest absolute Gasteiger partial charge is 0.504 e. The second-order valence-corrected chi connectivity index (χ2v) is 7.13. The van der Waals surface area contributed by atoms with E-state index in [1.807, 2.05) is 65.6 Å². The lowest BCUT2D eigenvalue weighted by Gasteiger charge is -2.33. The summed E-state index contributed by atoms with van der Waals surface area (Å²) in [6.45, 7) is 2.36. The molecule has 0 unspecified atom stereocenters. The van der Waals surface area contributed by atoms with Crippen LogP contribution in [0.3, 0.4) is 0 Å². The molecule has 2 N–H and O–H groups in total. The Kier molecular flexibility index (Phi) is 5.76. The van der Waals surface area contributed by atoms with Gasteiger partial charge in [0.15, 0.2) is 11.4 Å². The summed E-state index contributed by atoms with van der Waals surface area (Å²) in [7, 11) is 0. The van der Waals surface area contributed by atoms with Gasteiger partial charge in [-0.05, 0) is 24.3 Å². The molecule has 8 nitrogen and oxygen atoms in total. The van der Waals surface area contributed by atoms with Crippen molar-refractivity contribution in [3.05, 3.63) is 72.6 Å². The highest BCUT2D eigenvalue weighted by Crippen LogP contribution is 2.20. The third kappa shape index (κ3) is 4.49. The molecule has 0 radical (unpaired) electrons. The summed E-state index contributed by atoms with van der Waals surface area (Å²) < 4.78 is 1.49. The molecule has 1 fully saturated rings. The van der Waals surface area contributed by atoms with Gasteiger partial charge in [-0.2, -0.15) is 5.10 Å². The number of benzene rings is 2. The molecular formula is C22H23N5O3. The van der Waals surface area contributed by atoms with E-state index in [0.717, 1.165) is 11.4 Å². The Morgan fingerprint density at radius 3 is 2.23 bits per heavy atom. The number of carbonyl (C=O) groups is 2. The van der Waals surface area contributed by atoms with Gasteiger partial charge in [0.25, 0.3) is 5.91 Å². The van der Waals surface area contributed by atoms with Crippen molar-refractivity contribution in [2.45, 2.75) is 0 Å². The smallest absolute Gasteiger partial charge is 0.278 e. The molecular weight excluding hydrogens is 382 g/mol. The van der Waals surface area contributed by atoms with E-state index < -0.39 is 0 Å². The highest BCUT2D eigenvalue weighted by molar-refractivity contribution is 5.95. The number of carbonyl (C=O) groups excluding carboxylic acids is 2. The molecule has 1 aliphatic heterocycles. The molecule has 0 saturated carbocycles. The average Bonchev–Trinajstić information content (AvgIpc) is 3.17. The molecule has 2 heterocycles. The van der Waals surface area contributed by atoms with Crippen molar-refractivity contribution in [1.82, 2.24) is 19.6 Å². The van der Waals surface area contributed by atoms with E-state index in [1.165, 1.54) is 10.9 Å². The Balaban J connectivity index is 1.32. The second kappa shape index (κ2) is 8.79. The Morgan fingerprint density at radius 1 is 0.933 bits per heavy atom. The number of piperazine rings is 1. The van der Waals surface area contributed by atoms with Crippen LogP contribution in [0.5, 0.6) is 5.75 Å². The molecule has 0 atom stereocenters. The van der Waals surface area contributed by atoms with Crippen LogP contribution in [0.25, 0.3) is 5.69 Å². The fourth-order valence-corrected chi connectivity index (χ4v) is 3.41. The first-order valence-electron chi connectivity index (χ1n) is 9.81. The lowest BCUT2D eigenvalue weighted by molar-refractivity contribution is -0.117.